The number of nitrogens with zero attached hydrogens (tertiary/aromatic N) is 5. The van der Waals surface area contributed by atoms with Crippen molar-refractivity contribution in [2.24, 2.45) is 0 Å². The van der Waals surface area contributed by atoms with Crippen LogP contribution in [0.15, 0.2) is 61.1 Å². The molecule has 10 heteroatoms. The number of fused-ring (bicyclic) bond motifs is 1. The molecule has 1 aliphatic heterocycles. The van der Waals surface area contributed by atoms with Crippen molar-refractivity contribution < 1.29 is 14.3 Å². The summed E-state index contributed by atoms with van der Waals surface area (Å²) in [6, 6.07) is 16.5. The van der Waals surface area contributed by atoms with Crippen LogP contribution in [0, 0.1) is 0 Å². The summed E-state index contributed by atoms with van der Waals surface area (Å²) in [7, 11) is 3.80. The van der Waals surface area contributed by atoms with Crippen molar-refractivity contribution in [1.82, 2.24) is 24.3 Å². The maximum atomic E-state index is 12.6. The number of methoxy groups -OCH3 is 1. The molecule has 2 aliphatic rings. The first kappa shape index (κ1) is 29.1. The van der Waals surface area contributed by atoms with Gasteiger partial charge in [0.25, 0.3) is 0 Å². The molecule has 0 radical (unpaired) electrons. The lowest BCUT2D eigenvalue weighted by Gasteiger charge is -2.41. The Hall–Kier alpha value is -3.99. The van der Waals surface area contributed by atoms with E-state index in [1.165, 1.54) is 12.8 Å². The second-order valence-corrected chi connectivity index (χ2v) is 11.7. The number of likely N-dealkylation sites (N-methyl/N-ethyl adjacent to an activating group) is 1. The van der Waals surface area contributed by atoms with Gasteiger partial charge in [-0.2, -0.15) is 0 Å². The molecule has 226 valence electrons. The van der Waals surface area contributed by atoms with E-state index in [1.54, 1.807) is 13.4 Å². The Morgan fingerprint density at radius 3 is 2.49 bits per heavy atom. The molecule has 0 bridgehead atoms. The fourth-order valence-corrected chi connectivity index (χ4v) is 6.48. The lowest BCUT2D eigenvalue weighted by molar-refractivity contribution is -0.121. The van der Waals surface area contributed by atoms with E-state index < -0.39 is 0 Å². The minimum absolute atomic E-state index is 0.0573. The summed E-state index contributed by atoms with van der Waals surface area (Å²) in [5.41, 5.74) is 10.8. The molecule has 6 rings (SSSR count). The van der Waals surface area contributed by atoms with Crippen molar-refractivity contribution in [2.45, 2.75) is 44.4 Å². The van der Waals surface area contributed by atoms with Gasteiger partial charge in [0.1, 0.15) is 30.1 Å². The Bertz CT molecular complexity index is 1540. The largest absolute Gasteiger partial charge is 0.495 e. The molecule has 2 aromatic carbocycles. The Kier molecular flexibility index (Phi) is 8.87. The number of amides is 1. The molecule has 1 amide bonds. The molecule has 10 nitrogen and oxygen atoms in total. The highest BCUT2D eigenvalue weighted by Crippen LogP contribution is 2.40. The summed E-state index contributed by atoms with van der Waals surface area (Å²) in [5, 5.41) is 3.76. The average Bonchev–Trinajstić information content (AvgIpc) is 3.43. The number of benzene rings is 2. The first-order valence-electron chi connectivity index (χ1n) is 15.1. The number of nitrogen functional groups attached to an aromatic ring is 1. The number of aromatic nitrogens is 3. The number of carbonyl (C=O) groups excluding carboxylic acids is 1. The van der Waals surface area contributed by atoms with Crippen molar-refractivity contribution >= 4 is 28.4 Å². The van der Waals surface area contributed by atoms with Gasteiger partial charge in [-0.15, -0.1) is 0 Å². The van der Waals surface area contributed by atoms with Crippen LogP contribution >= 0.6 is 0 Å². The zero-order valence-electron chi connectivity index (χ0n) is 25.0. The van der Waals surface area contributed by atoms with Crippen LogP contribution in [-0.2, 0) is 16.1 Å². The summed E-state index contributed by atoms with van der Waals surface area (Å²) in [6.07, 6.45) is 8.28. The number of rotatable bonds is 9. The minimum Gasteiger partial charge on any atom is -0.495 e. The van der Waals surface area contributed by atoms with Crippen LogP contribution in [0.3, 0.4) is 0 Å². The normalized spacial score (nSPS) is 19.9. The van der Waals surface area contributed by atoms with Crippen molar-refractivity contribution in [1.29, 1.82) is 0 Å². The number of nitrogens with one attached hydrogen (secondary N) is 1. The summed E-state index contributed by atoms with van der Waals surface area (Å²) in [6.45, 7) is 4.93. The van der Waals surface area contributed by atoms with E-state index >= 15 is 0 Å². The van der Waals surface area contributed by atoms with Crippen LogP contribution < -0.4 is 15.8 Å². The molecule has 2 fully saturated rings. The van der Waals surface area contributed by atoms with E-state index in [9.17, 15) is 4.79 Å². The summed E-state index contributed by atoms with van der Waals surface area (Å²) in [5.74, 6) is 0.762. The molecular formula is C33H41N7O3. The first-order chi connectivity index (χ1) is 21.0. The molecule has 1 saturated heterocycles. The third-order valence-electron chi connectivity index (χ3n) is 8.88. The molecule has 0 unspecified atom stereocenters. The van der Waals surface area contributed by atoms with Gasteiger partial charge in [-0.25, -0.2) is 9.97 Å². The predicted molar refractivity (Wildman–Crippen MR) is 169 cm³/mol. The van der Waals surface area contributed by atoms with E-state index in [-0.39, 0.29) is 12.5 Å². The van der Waals surface area contributed by atoms with Crippen molar-refractivity contribution in [3.05, 3.63) is 66.6 Å². The number of hydrogen-bond acceptors (Lipinski definition) is 8. The number of carbonyl (C=O) groups is 1. The standard InChI is InChI=1S/C33H41N7O3/c1-38-14-16-39(17-15-38)25-9-11-26(12-10-25)40-19-27(31-32(34)35-22-36-33(31)40)24-8-13-28(29(18-24)42-2)37-30(41)21-43-20-23-6-4-3-5-7-23/h3-8,13,18-19,22,25-26H,9-12,14-17,20-21H2,1-2H3,(H,37,41)(H2,34,35,36). The van der Waals surface area contributed by atoms with Gasteiger partial charge in [0.15, 0.2) is 0 Å². The van der Waals surface area contributed by atoms with Crippen molar-refractivity contribution in [2.75, 3.05) is 58.0 Å². The van der Waals surface area contributed by atoms with Crippen molar-refractivity contribution in [3.63, 3.8) is 0 Å². The summed E-state index contributed by atoms with van der Waals surface area (Å²) in [4.78, 5) is 26.7. The topological polar surface area (TPSA) is 111 Å². The fourth-order valence-electron chi connectivity index (χ4n) is 6.48. The smallest absolute Gasteiger partial charge is 0.250 e. The predicted octanol–water partition coefficient (Wildman–Crippen LogP) is 4.58. The molecular weight excluding hydrogens is 542 g/mol. The van der Waals surface area contributed by atoms with Crippen LogP contribution in [-0.4, -0.2) is 83.2 Å². The molecule has 1 aliphatic carbocycles. The van der Waals surface area contributed by atoms with Gasteiger partial charge in [0.2, 0.25) is 5.91 Å². The quantitative estimate of drug-likeness (QED) is 0.295. The second kappa shape index (κ2) is 13.1. The van der Waals surface area contributed by atoms with Gasteiger partial charge in [-0.05, 0) is 56.0 Å². The van der Waals surface area contributed by atoms with Crippen LogP contribution in [0.25, 0.3) is 22.2 Å². The van der Waals surface area contributed by atoms with E-state index in [1.807, 2.05) is 48.5 Å². The average molecular weight is 584 g/mol. The van der Waals surface area contributed by atoms with Gasteiger partial charge in [-0.1, -0.05) is 36.4 Å². The third-order valence-corrected chi connectivity index (χ3v) is 8.88. The summed E-state index contributed by atoms with van der Waals surface area (Å²) < 4.78 is 13.6. The Morgan fingerprint density at radius 1 is 1.00 bits per heavy atom. The van der Waals surface area contributed by atoms with Gasteiger partial charge in [0.05, 0.1) is 24.8 Å². The van der Waals surface area contributed by atoms with Gasteiger partial charge in [0, 0.05) is 50.0 Å². The monoisotopic (exact) mass is 583 g/mol. The lowest BCUT2D eigenvalue weighted by Crippen LogP contribution is -2.49. The SMILES string of the molecule is COc1cc(-c2cn(C3CCC(N4CCN(C)CC4)CC3)c3ncnc(N)c23)ccc1NC(=O)COCc1ccccc1. The molecule has 2 aromatic heterocycles. The highest BCUT2D eigenvalue weighted by atomic mass is 16.5. The van der Waals surface area contributed by atoms with Crippen LogP contribution in [0.2, 0.25) is 0 Å². The molecule has 3 N–H and O–H groups in total. The maximum Gasteiger partial charge on any atom is 0.250 e. The zero-order valence-corrected chi connectivity index (χ0v) is 25.0. The third kappa shape index (κ3) is 6.51. The Morgan fingerprint density at radius 2 is 1.74 bits per heavy atom. The number of ether oxygens (including phenoxy) is 2. The molecule has 3 heterocycles. The summed E-state index contributed by atoms with van der Waals surface area (Å²) >= 11 is 0. The van der Waals surface area contributed by atoms with Crippen LogP contribution in [0.5, 0.6) is 5.75 Å². The molecule has 43 heavy (non-hydrogen) atoms. The van der Waals surface area contributed by atoms with Gasteiger partial charge >= 0.3 is 0 Å². The number of piperazine rings is 1. The van der Waals surface area contributed by atoms with E-state index in [2.05, 4.69) is 42.9 Å². The number of hydrogen-bond donors (Lipinski definition) is 2. The Labute approximate surface area is 252 Å². The van der Waals surface area contributed by atoms with Gasteiger partial charge < -0.3 is 30.0 Å². The number of anilines is 2. The Balaban J connectivity index is 1.18. The molecule has 1 saturated carbocycles. The molecule has 0 spiro atoms. The van der Waals surface area contributed by atoms with Crippen LogP contribution in [0.4, 0.5) is 11.5 Å². The number of nitrogens with two attached hydrogens (primary N) is 1. The maximum absolute atomic E-state index is 12.6. The highest BCUT2D eigenvalue weighted by molar-refractivity contribution is 6.01. The highest BCUT2D eigenvalue weighted by Gasteiger charge is 2.30. The van der Waals surface area contributed by atoms with Crippen LogP contribution in [0.1, 0.15) is 37.3 Å². The second-order valence-electron chi connectivity index (χ2n) is 11.7. The molecule has 0 atom stereocenters. The van der Waals surface area contributed by atoms with E-state index in [4.69, 9.17) is 15.2 Å². The molecule has 4 aromatic rings. The van der Waals surface area contributed by atoms with Gasteiger partial charge in [-0.3, -0.25) is 9.69 Å². The minimum atomic E-state index is -0.247. The lowest BCUT2D eigenvalue weighted by atomic mass is 9.89. The van der Waals surface area contributed by atoms with Crippen molar-refractivity contribution in [3.8, 4) is 16.9 Å². The zero-order chi connectivity index (χ0) is 29.8. The van der Waals surface area contributed by atoms with E-state index in [0.717, 1.165) is 66.7 Å². The first-order valence-corrected chi connectivity index (χ1v) is 15.1. The fraction of sp³-hybridized carbons (Fsp3) is 0.424. The van der Waals surface area contributed by atoms with E-state index in [0.29, 0.717) is 35.9 Å².